The van der Waals surface area contributed by atoms with Crippen molar-refractivity contribution in [1.82, 2.24) is 9.97 Å². The van der Waals surface area contributed by atoms with E-state index in [1.165, 1.54) is 6.07 Å². The first-order chi connectivity index (χ1) is 9.20. The average Bonchev–Trinajstić information content (AvgIpc) is 2.34. The van der Waals surface area contributed by atoms with Gasteiger partial charge in [0.1, 0.15) is 10.5 Å². The van der Waals surface area contributed by atoms with Crippen LogP contribution in [0.3, 0.4) is 0 Å². The van der Waals surface area contributed by atoms with Crippen LogP contribution in [0.4, 0.5) is 8.78 Å². The van der Waals surface area contributed by atoms with Gasteiger partial charge in [0.25, 0.3) is 0 Å². The quantitative estimate of drug-likeness (QED) is 0.773. The number of aromatic nitrogens is 2. The maximum atomic E-state index is 13.4. The standard InChI is InChI=1S/C15H16F2N2S/c1-8-12(9-5-6-10(16)11(17)7-9)18-14(15(2,3)4)19-13(8)20/h5-7H,1-4H3,(H,18,19,20). The predicted molar refractivity (Wildman–Crippen MR) is 78.2 cm³/mol. The lowest BCUT2D eigenvalue weighted by Crippen LogP contribution is -2.17. The molecule has 0 amide bonds. The summed E-state index contributed by atoms with van der Waals surface area (Å²) in [6.07, 6.45) is 0. The molecular formula is C15H16F2N2S. The summed E-state index contributed by atoms with van der Waals surface area (Å²) in [6.45, 7) is 7.83. The minimum atomic E-state index is -0.879. The lowest BCUT2D eigenvalue weighted by molar-refractivity contribution is 0.509. The Balaban J connectivity index is 2.70. The minimum absolute atomic E-state index is 0.214. The fourth-order valence-corrected chi connectivity index (χ4v) is 2.02. The van der Waals surface area contributed by atoms with Crippen molar-refractivity contribution >= 4 is 12.2 Å². The van der Waals surface area contributed by atoms with E-state index in [0.29, 0.717) is 21.7 Å². The van der Waals surface area contributed by atoms with Gasteiger partial charge in [0.15, 0.2) is 11.6 Å². The minimum Gasteiger partial charge on any atom is -0.342 e. The van der Waals surface area contributed by atoms with Gasteiger partial charge in [-0.05, 0) is 25.1 Å². The Bertz CT molecular complexity index is 715. The van der Waals surface area contributed by atoms with Crippen LogP contribution in [0.1, 0.15) is 32.2 Å². The van der Waals surface area contributed by atoms with Crippen molar-refractivity contribution in [2.75, 3.05) is 0 Å². The Labute approximate surface area is 121 Å². The van der Waals surface area contributed by atoms with E-state index >= 15 is 0 Å². The third kappa shape index (κ3) is 2.77. The molecule has 1 aromatic heterocycles. The van der Waals surface area contributed by atoms with Crippen molar-refractivity contribution in [3.63, 3.8) is 0 Å². The molecule has 2 aromatic rings. The fraction of sp³-hybridized carbons (Fsp3) is 0.333. The van der Waals surface area contributed by atoms with E-state index in [4.69, 9.17) is 12.2 Å². The molecule has 0 aliphatic rings. The van der Waals surface area contributed by atoms with Gasteiger partial charge in [-0.3, -0.25) is 0 Å². The van der Waals surface area contributed by atoms with Crippen molar-refractivity contribution in [3.05, 3.63) is 45.9 Å². The SMILES string of the molecule is Cc1c(-c2ccc(F)c(F)c2)[nH]c(C(C)(C)C)nc1=S. The third-order valence-corrected chi connectivity index (χ3v) is 3.47. The van der Waals surface area contributed by atoms with E-state index in [-0.39, 0.29) is 5.41 Å². The van der Waals surface area contributed by atoms with Crippen LogP contribution in [0.5, 0.6) is 0 Å². The number of H-pyrrole nitrogens is 1. The van der Waals surface area contributed by atoms with Gasteiger partial charge in [-0.2, -0.15) is 0 Å². The molecule has 0 spiro atoms. The zero-order chi connectivity index (χ0) is 15.1. The van der Waals surface area contributed by atoms with Crippen molar-refractivity contribution in [1.29, 1.82) is 0 Å². The maximum Gasteiger partial charge on any atom is 0.159 e. The lowest BCUT2D eigenvalue weighted by atomic mass is 9.95. The van der Waals surface area contributed by atoms with E-state index < -0.39 is 11.6 Å². The first-order valence-corrected chi connectivity index (χ1v) is 6.68. The monoisotopic (exact) mass is 294 g/mol. The third-order valence-electron chi connectivity index (χ3n) is 3.07. The summed E-state index contributed by atoms with van der Waals surface area (Å²) in [5.41, 5.74) is 1.77. The Morgan fingerprint density at radius 2 is 1.80 bits per heavy atom. The second kappa shape index (κ2) is 5.05. The second-order valence-corrected chi connectivity index (χ2v) is 6.16. The highest BCUT2D eigenvalue weighted by Gasteiger charge is 2.19. The molecule has 0 saturated heterocycles. The highest BCUT2D eigenvalue weighted by atomic mass is 32.1. The van der Waals surface area contributed by atoms with Crippen molar-refractivity contribution in [3.8, 4) is 11.3 Å². The fourth-order valence-electron chi connectivity index (χ4n) is 1.83. The van der Waals surface area contributed by atoms with Crippen LogP contribution in [0, 0.1) is 23.2 Å². The van der Waals surface area contributed by atoms with Gasteiger partial charge in [0.2, 0.25) is 0 Å². The van der Waals surface area contributed by atoms with Gasteiger partial charge in [-0.1, -0.05) is 33.0 Å². The highest BCUT2D eigenvalue weighted by Crippen LogP contribution is 2.27. The molecule has 106 valence electrons. The molecule has 20 heavy (non-hydrogen) atoms. The molecule has 1 N–H and O–H groups in total. The van der Waals surface area contributed by atoms with Gasteiger partial charge in [0.05, 0.1) is 5.69 Å². The van der Waals surface area contributed by atoms with Gasteiger partial charge in [-0.15, -0.1) is 0 Å². The van der Waals surface area contributed by atoms with E-state index in [1.807, 2.05) is 27.7 Å². The predicted octanol–water partition coefficient (Wildman–Crippen LogP) is 4.69. The molecule has 2 rings (SSSR count). The molecule has 0 atom stereocenters. The molecule has 0 aliphatic carbocycles. The van der Waals surface area contributed by atoms with Crippen LogP contribution in [0.2, 0.25) is 0 Å². The molecule has 0 radical (unpaired) electrons. The zero-order valence-electron chi connectivity index (χ0n) is 11.8. The van der Waals surface area contributed by atoms with Gasteiger partial charge in [-0.25, -0.2) is 13.8 Å². The number of hydrogen-bond donors (Lipinski definition) is 1. The lowest BCUT2D eigenvalue weighted by Gasteiger charge is -2.19. The highest BCUT2D eigenvalue weighted by molar-refractivity contribution is 7.71. The van der Waals surface area contributed by atoms with Crippen molar-refractivity contribution in [2.45, 2.75) is 33.1 Å². The Kier molecular flexibility index (Phi) is 3.73. The summed E-state index contributed by atoms with van der Waals surface area (Å²) in [6, 6.07) is 3.80. The number of nitrogens with zero attached hydrogens (tertiary/aromatic N) is 1. The van der Waals surface area contributed by atoms with Crippen LogP contribution in [0.25, 0.3) is 11.3 Å². The summed E-state index contributed by atoms with van der Waals surface area (Å²) in [5, 5.41) is 0. The smallest absolute Gasteiger partial charge is 0.159 e. The number of hydrogen-bond acceptors (Lipinski definition) is 2. The Morgan fingerprint density at radius 3 is 2.35 bits per heavy atom. The normalized spacial score (nSPS) is 11.7. The average molecular weight is 294 g/mol. The van der Waals surface area contributed by atoms with E-state index in [2.05, 4.69) is 9.97 Å². The van der Waals surface area contributed by atoms with Crippen LogP contribution in [-0.2, 0) is 5.41 Å². The number of aromatic amines is 1. The molecule has 0 aliphatic heterocycles. The topological polar surface area (TPSA) is 28.7 Å². The summed E-state index contributed by atoms with van der Waals surface area (Å²) in [4.78, 5) is 7.55. The molecule has 1 heterocycles. The van der Waals surface area contributed by atoms with Crippen LogP contribution in [-0.4, -0.2) is 9.97 Å². The molecule has 2 nitrogen and oxygen atoms in total. The summed E-state index contributed by atoms with van der Waals surface area (Å²) >= 11 is 5.26. The molecule has 0 fully saturated rings. The van der Waals surface area contributed by atoms with Crippen LogP contribution >= 0.6 is 12.2 Å². The molecule has 1 aromatic carbocycles. The largest absolute Gasteiger partial charge is 0.342 e. The Morgan fingerprint density at radius 1 is 1.15 bits per heavy atom. The molecule has 0 bridgehead atoms. The number of halogens is 2. The second-order valence-electron chi connectivity index (χ2n) is 5.77. The first-order valence-electron chi connectivity index (χ1n) is 6.27. The van der Waals surface area contributed by atoms with Gasteiger partial charge < -0.3 is 4.98 Å². The van der Waals surface area contributed by atoms with Crippen molar-refractivity contribution in [2.24, 2.45) is 0 Å². The van der Waals surface area contributed by atoms with Gasteiger partial charge >= 0.3 is 0 Å². The summed E-state index contributed by atoms with van der Waals surface area (Å²) in [7, 11) is 0. The number of nitrogens with one attached hydrogen (secondary N) is 1. The Hall–Kier alpha value is -1.62. The number of benzene rings is 1. The maximum absolute atomic E-state index is 13.4. The number of rotatable bonds is 1. The van der Waals surface area contributed by atoms with Crippen LogP contribution < -0.4 is 0 Å². The molecule has 5 heteroatoms. The van der Waals surface area contributed by atoms with E-state index in [9.17, 15) is 8.78 Å². The molecule has 0 saturated carbocycles. The van der Waals surface area contributed by atoms with E-state index in [0.717, 1.165) is 17.7 Å². The van der Waals surface area contributed by atoms with Crippen LogP contribution in [0.15, 0.2) is 18.2 Å². The molecular weight excluding hydrogens is 278 g/mol. The summed E-state index contributed by atoms with van der Waals surface area (Å²) in [5.74, 6) is -1.03. The van der Waals surface area contributed by atoms with Crippen molar-refractivity contribution < 1.29 is 8.78 Å². The molecule has 0 unspecified atom stereocenters. The first kappa shape index (κ1) is 14.8. The van der Waals surface area contributed by atoms with E-state index in [1.54, 1.807) is 0 Å². The zero-order valence-corrected chi connectivity index (χ0v) is 12.7. The van der Waals surface area contributed by atoms with Gasteiger partial charge in [0, 0.05) is 16.5 Å². The summed E-state index contributed by atoms with van der Waals surface area (Å²) < 4.78 is 26.9.